The van der Waals surface area contributed by atoms with Crippen molar-refractivity contribution in [1.82, 2.24) is 10.2 Å². The minimum atomic E-state index is 0.231. The summed E-state index contributed by atoms with van der Waals surface area (Å²) in [4.78, 5) is 14.6. The molecule has 0 spiro atoms. The number of carbonyl (C=O) groups excluding carboxylic acids is 1. The van der Waals surface area contributed by atoms with Crippen molar-refractivity contribution in [2.45, 2.75) is 51.8 Å². The summed E-state index contributed by atoms with van der Waals surface area (Å²) in [7, 11) is 0. The van der Waals surface area contributed by atoms with E-state index < -0.39 is 0 Å². The highest BCUT2D eigenvalue weighted by Gasteiger charge is 2.22. The van der Waals surface area contributed by atoms with Gasteiger partial charge in [0.15, 0.2) is 0 Å². The molecule has 1 aromatic carbocycles. The van der Waals surface area contributed by atoms with E-state index in [1.807, 2.05) is 0 Å². The third kappa shape index (κ3) is 4.79. The lowest BCUT2D eigenvalue weighted by molar-refractivity contribution is -0.124. The Balaban J connectivity index is 1.51. The maximum atomic E-state index is 12.1. The van der Waals surface area contributed by atoms with E-state index in [1.165, 1.54) is 24.0 Å². The minimum Gasteiger partial charge on any atom is -0.376 e. The molecule has 0 bridgehead atoms. The zero-order valence-electron chi connectivity index (χ0n) is 14.1. The molecule has 0 aromatic heterocycles. The lowest BCUT2D eigenvalue weighted by Gasteiger charge is -2.31. The fourth-order valence-corrected chi connectivity index (χ4v) is 3.65. The van der Waals surface area contributed by atoms with Gasteiger partial charge in [-0.25, -0.2) is 0 Å². The SMILES string of the molecule is CC1CN(Cc2cccc(CNC(=O)C3CCCC3)c2)CCO1. The lowest BCUT2D eigenvalue weighted by atomic mass is 10.1. The summed E-state index contributed by atoms with van der Waals surface area (Å²) in [5, 5.41) is 3.11. The van der Waals surface area contributed by atoms with Gasteiger partial charge in [-0.2, -0.15) is 0 Å². The van der Waals surface area contributed by atoms with Gasteiger partial charge in [-0.3, -0.25) is 9.69 Å². The summed E-state index contributed by atoms with van der Waals surface area (Å²) in [6, 6.07) is 8.58. The van der Waals surface area contributed by atoms with Crippen LogP contribution in [0.4, 0.5) is 0 Å². The molecule has 1 aliphatic heterocycles. The first kappa shape index (κ1) is 16.5. The molecule has 4 nitrogen and oxygen atoms in total. The number of rotatable bonds is 5. The molecule has 1 saturated carbocycles. The molecule has 1 amide bonds. The van der Waals surface area contributed by atoms with E-state index in [2.05, 4.69) is 41.4 Å². The first-order valence-electron chi connectivity index (χ1n) is 8.90. The van der Waals surface area contributed by atoms with E-state index in [0.717, 1.165) is 39.1 Å². The van der Waals surface area contributed by atoms with Crippen molar-refractivity contribution < 1.29 is 9.53 Å². The molecule has 1 aromatic rings. The Kier molecular flexibility index (Phi) is 5.68. The third-order valence-electron chi connectivity index (χ3n) is 4.92. The highest BCUT2D eigenvalue weighted by atomic mass is 16.5. The predicted molar refractivity (Wildman–Crippen MR) is 90.9 cm³/mol. The molecule has 1 aliphatic carbocycles. The molecule has 1 atom stereocenters. The van der Waals surface area contributed by atoms with Crippen LogP contribution in [-0.2, 0) is 22.6 Å². The Morgan fingerprint density at radius 2 is 2.09 bits per heavy atom. The molecule has 2 aliphatic rings. The maximum absolute atomic E-state index is 12.1. The molecular formula is C19H28N2O2. The number of carbonyl (C=O) groups is 1. The second-order valence-electron chi connectivity index (χ2n) is 6.94. The third-order valence-corrected chi connectivity index (χ3v) is 4.92. The van der Waals surface area contributed by atoms with Crippen molar-refractivity contribution >= 4 is 5.91 Å². The first-order chi connectivity index (χ1) is 11.2. The molecule has 1 unspecified atom stereocenters. The summed E-state index contributed by atoms with van der Waals surface area (Å²) in [5.41, 5.74) is 2.50. The Morgan fingerprint density at radius 1 is 1.30 bits per heavy atom. The van der Waals surface area contributed by atoms with Gasteiger partial charge in [0.1, 0.15) is 0 Å². The number of nitrogens with one attached hydrogen (secondary N) is 1. The number of hydrogen-bond acceptors (Lipinski definition) is 3. The van der Waals surface area contributed by atoms with Gasteiger partial charge in [0.25, 0.3) is 0 Å². The van der Waals surface area contributed by atoms with Gasteiger partial charge >= 0.3 is 0 Å². The van der Waals surface area contributed by atoms with E-state index in [9.17, 15) is 4.79 Å². The Labute approximate surface area is 139 Å². The maximum Gasteiger partial charge on any atom is 0.223 e. The van der Waals surface area contributed by atoms with Crippen molar-refractivity contribution in [2.75, 3.05) is 19.7 Å². The van der Waals surface area contributed by atoms with Crippen molar-refractivity contribution in [3.63, 3.8) is 0 Å². The normalized spacial score (nSPS) is 23.1. The van der Waals surface area contributed by atoms with Crippen LogP contribution in [0.5, 0.6) is 0 Å². The summed E-state index contributed by atoms with van der Waals surface area (Å²) in [5.74, 6) is 0.475. The molecule has 1 saturated heterocycles. The minimum absolute atomic E-state index is 0.231. The average molecular weight is 316 g/mol. The van der Waals surface area contributed by atoms with Crippen LogP contribution in [0, 0.1) is 5.92 Å². The standard InChI is InChI=1S/C19H28N2O2/c1-15-13-21(9-10-23-15)14-17-6-4-5-16(11-17)12-20-19(22)18-7-2-3-8-18/h4-6,11,15,18H,2-3,7-10,12-14H2,1H3,(H,20,22). The van der Waals surface area contributed by atoms with Crippen LogP contribution in [0.2, 0.25) is 0 Å². The van der Waals surface area contributed by atoms with Gasteiger partial charge in [-0.15, -0.1) is 0 Å². The highest BCUT2D eigenvalue weighted by molar-refractivity contribution is 5.78. The van der Waals surface area contributed by atoms with Crippen LogP contribution in [0.3, 0.4) is 0 Å². The van der Waals surface area contributed by atoms with Crippen LogP contribution in [0.25, 0.3) is 0 Å². The summed E-state index contributed by atoms with van der Waals surface area (Å²) in [6.45, 7) is 6.52. The fourth-order valence-electron chi connectivity index (χ4n) is 3.65. The number of amides is 1. The van der Waals surface area contributed by atoms with Gasteiger partial charge < -0.3 is 10.1 Å². The van der Waals surface area contributed by atoms with Gasteiger partial charge in [-0.05, 0) is 30.9 Å². The van der Waals surface area contributed by atoms with E-state index in [0.29, 0.717) is 12.6 Å². The van der Waals surface area contributed by atoms with Crippen LogP contribution in [0.15, 0.2) is 24.3 Å². The quantitative estimate of drug-likeness (QED) is 0.908. The smallest absolute Gasteiger partial charge is 0.223 e. The molecule has 23 heavy (non-hydrogen) atoms. The van der Waals surface area contributed by atoms with Gasteiger partial charge in [0.05, 0.1) is 12.7 Å². The van der Waals surface area contributed by atoms with Crippen molar-refractivity contribution in [1.29, 1.82) is 0 Å². The van der Waals surface area contributed by atoms with Crippen molar-refractivity contribution in [3.8, 4) is 0 Å². The first-order valence-corrected chi connectivity index (χ1v) is 8.90. The van der Waals surface area contributed by atoms with Crippen molar-refractivity contribution in [3.05, 3.63) is 35.4 Å². The van der Waals surface area contributed by atoms with Crippen LogP contribution in [0.1, 0.15) is 43.7 Å². The second kappa shape index (κ2) is 7.93. The Morgan fingerprint density at radius 3 is 2.87 bits per heavy atom. The van der Waals surface area contributed by atoms with Crippen molar-refractivity contribution in [2.24, 2.45) is 5.92 Å². The molecule has 0 radical (unpaired) electrons. The van der Waals surface area contributed by atoms with Gasteiger partial charge in [-0.1, -0.05) is 37.1 Å². The average Bonchev–Trinajstić information content (AvgIpc) is 3.07. The number of morpholine rings is 1. The summed E-state index contributed by atoms with van der Waals surface area (Å²) in [6.07, 6.45) is 4.83. The molecule has 126 valence electrons. The van der Waals surface area contributed by atoms with E-state index in [1.54, 1.807) is 0 Å². The zero-order valence-corrected chi connectivity index (χ0v) is 14.1. The molecule has 1 heterocycles. The topological polar surface area (TPSA) is 41.6 Å². The molecular weight excluding hydrogens is 288 g/mol. The zero-order chi connectivity index (χ0) is 16.1. The highest BCUT2D eigenvalue weighted by Crippen LogP contribution is 2.24. The monoisotopic (exact) mass is 316 g/mol. The van der Waals surface area contributed by atoms with Crippen LogP contribution < -0.4 is 5.32 Å². The fraction of sp³-hybridized carbons (Fsp3) is 0.632. The van der Waals surface area contributed by atoms with E-state index in [4.69, 9.17) is 4.74 Å². The summed E-state index contributed by atoms with van der Waals surface area (Å²) < 4.78 is 5.59. The molecule has 2 fully saturated rings. The van der Waals surface area contributed by atoms with Gasteiger partial charge in [0.2, 0.25) is 5.91 Å². The molecule has 3 rings (SSSR count). The van der Waals surface area contributed by atoms with E-state index >= 15 is 0 Å². The Bertz CT molecular complexity index is 526. The largest absolute Gasteiger partial charge is 0.376 e. The second-order valence-corrected chi connectivity index (χ2v) is 6.94. The predicted octanol–water partition coefficient (Wildman–Crippen LogP) is 2.71. The number of nitrogens with zero attached hydrogens (tertiary/aromatic N) is 1. The van der Waals surface area contributed by atoms with E-state index in [-0.39, 0.29) is 11.8 Å². The number of hydrogen-bond donors (Lipinski definition) is 1. The van der Waals surface area contributed by atoms with Crippen LogP contribution >= 0.6 is 0 Å². The number of ether oxygens (including phenoxy) is 1. The van der Waals surface area contributed by atoms with Crippen LogP contribution in [-0.4, -0.2) is 36.6 Å². The number of benzene rings is 1. The molecule has 4 heteroatoms. The Hall–Kier alpha value is -1.39. The molecule has 1 N–H and O–H groups in total. The van der Waals surface area contributed by atoms with Gasteiger partial charge in [0, 0.05) is 32.1 Å². The summed E-state index contributed by atoms with van der Waals surface area (Å²) >= 11 is 0. The lowest BCUT2D eigenvalue weighted by Crippen LogP contribution is -2.40.